The SMILES string of the molecule is CCCc1nc2ccc(C(F)(F)F)nc2n1-c1ccc2[nH]ncc2c1. The molecule has 3 heterocycles. The second-order valence-electron chi connectivity index (χ2n) is 5.79. The van der Waals surface area contributed by atoms with Gasteiger partial charge < -0.3 is 0 Å². The zero-order chi connectivity index (χ0) is 17.6. The Kier molecular flexibility index (Phi) is 3.48. The van der Waals surface area contributed by atoms with Crippen molar-refractivity contribution in [2.45, 2.75) is 25.9 Å². The van der Waals surface area contributed by atoms with E-state index in [1.807, 2.05) is 25.1 Å². The van der Waals surface area contributed by atoms with Gasteiger partial charge in [0.25, 0.3) is 0 Å². The zero-order valence-electron chi connectivity index (χ0n) is 13.3. The predicted molar refractivity (Wildman–Crippen MR) is 87.5 cm³/mol. The lowest BCUT2D eigenvalue weighted by Crippen LogP contribution is -2.09. The smallest absolute Gasteiger partial charge is 0.281 e. The van der Waals surface area contributed by atoms with E-state index in [-0.39, 0.29) is 5.65 Å². The lowest BCUT2D eigenvalue weighted by molar-refractivity contribution is -0.141. The fourth-order valence-electron chi connectivity index (χ4n) is 2.89. The number of alkyl halides is 3. The Morgan fingerprint density at radius 3 is 2.72 bits per heavy atom. The van der Waals surface area contributed by atoms with Crippen LogP contribution in [0.4, 0.5) is 13.2 Å². The normalized spacial score (nSPS) is 12.3. The van der Waals surface area contributed by atoms with Crippen LogP contribution in [0.5, 0.6) is 0 Å². The predicted octanol–water partition coefficient (Wildman–Crippen LogP) is 4.27. The minimum absolute atomic E-state index is 0.209. The molecule has 0 aliphatic rings. The molecule has 3 aromatic heterocycles. The van der Waals surface area contributed by atoms with Crippen LogP contribution in [0.3, 0.4) is 0 Å². The number of fused-ring (bicyclic) bond motifs is 2. The number of imidazole rings is 1. The highest BCUT2D eigenvalue weighted by Gasteiger charge is 2.33. The maximum Gasteiger partial charge on any atom is 0.433 e. The minimum Gasteiger partial charge on any atom is -0.281 e. The van der Waals surface area contributed by atoms with Gasteiger partial charge in [0.15, 0.2) is 5.65 Å². The fourth-order valence-corrected chi connectivity index (χ4v) is 2.89. The van der Waals surface area contributed by atoms with E-state index in [4.69, 9.17) is 0 Å². The van der Waals surface area contributed by atoms with Crippen LogP contribution < -0.4 is 0 Å². The molecule has 8 heteroatoms. The third-order valence-electron chi connectivity index (χ3n) is 4.02. The Bertz CT molecular complexity index is 1060. The summed E-state index contributed by atoms with van der Waals surface area (Å²) in [6.07, 6.45) is -1.36. The van der Waals surface area contributed by atoms with Crippen LogP contribution in [0.25, 0.3) is 27.8 Å². The van der Waals surface area contributed by atoms with Gasteiger partial charge in [-0.25, -0.2) is 9.97 Å². The summed E-state index contributed by atoms with van der Waals surface area (Å²) in [4.78, 5) is 8.32. The van der Waals surface area contributed by atoms with E-state index in [0.29, 0.717) is 23.4 Å². The summed E-state index contributed by atoms with van der Waals surface area (Å²) in [5.41, 5.74) is 1.30. The summed E-state index contributed by atoms with van der Waals surface area (Å²) in [5, 5.41) is 7.70. The van der Waals surface area contributed by atoms with Gasteiger partial charge in [0, 0.05) is 17.5 Å². The van der Waals surface area contributed by atoms with Gasteiger partial charge >= 0.3 is 6.18 Å². The maximum absolute atomic E-state index is 13.1. The van der Waals surface area contributed by atoms with Gasteiger partial charge in [-0.1, -0.05) is 6.92 Å². The van der Waals surface area contributed by atoms with E-state index in [9.17, 15) is 13.2 Å². The van der Waals surface area contributed by atoms with Gasteiger partial charge in [-0.2, -0.15) is 18.3 Å². The van der Waals surface area contributed by atoms with Crippen molar-refractivity contribution >= 4 is 22.1 Å². The average Bonchev–Trinajstić information content (AvgIpc) is 3.16. The summed E-state index contributed by atoms with van der Waals surface area (Å²) in [5.74, 6) is 0.687. The first-order valence-electron chi connectivity index (χ1n) is 7.86. The molecule has 0 aliphatic carbocycles. The molecule has 128 valence electrons. The molecule has 0 radical (unpaired) electrons. The highest BCUT2D eigenvalue weighted by Crippen LogP contribution is 2.30. The Morgan fingerprint density at radius 2 is 1.96 bits per heavy atom. The molecule has 4 rings (SSSR count). The number of hydrogen-bond acceptors (Lipinski definition) is 3. The van der Waals surface area contributed by atoms with Gasteiger partial charge in [0.05, 0.1) is 11.7 Å². The van der Waals surface area contributed by atoms with Crippen molar-refractivity contribution < 1.29 is 13.2 Å². The molecule has 0 aliphatic heterocycles. The van der Waals surface area contributed by atoms with Crippen LogP contribution in [0.1, 0.15) is 24.9 Å². The highest BCUT2D eigenvalue weighted by molar-refractivity contribution is 5.82. The molecule has 0 saturated carbocycles. The number of rotatable bonds is 3. The largest absolute Gasteiger partial charge is 0.433 e. The first kappa shape index (κ1) is 15.6. The number of aromatic nitrogens is 5. The molecule has 25 heavy (non-hydrogen) atoms. The number of hydrogen-bond donors (Lipinski definition) is 1. The van der Waals surface area contributed by atoms with E-state index in [2.05, 4.69) is 20.2 Å². The third-order valence-corrected chi connectivity index (χ3v) is 4.02. The summed E-state index contributed by atoms with van der Waals surface area (Å²) in [6.45, 7) is 2.00. The molecule has 4 aromatic rings. The molecule has 5 nitrogen and oxygen atoms in total. The first-order chi connectivity index (χ1) is 12.0. The zero-order valence-corrected chi connectivity index (χ0v) is 13.3. The summed E-state index contributed by atoms with van der Waals surface area (Å²) < 4.78 is 40.9. The van der Waals surface area contributed by atoms with Crippen LogP contribution in [0.15, 0.2) is 36.5 Å². The van der Waals surface area contributed by atoms with Crippen LogP contribution >= 0.6 is 0 Å². The molecule has 0 fully saturated rings. The lowest BCUT2D eigenvalue weighted by atomic mass is 10.2. The highest BCUT2D eigenvalue weighted by atomic mass is 19.4. The van der Waals surface area contributed by atoms with Gasteiger partial charge in [-0.15, -0.1) is 0 Å². The number of aryl methyl sites for hydroxylation is 1. The quantitative estimate of drug-likeness (QED) is 0.603. The van der Waals surface area contributed by atoms with Crippen LogP contribution in [-0.4, -0.2) is 24.7 Å². The van der Waals surface area contributed by atoms with E-state index < -0.39 is 11.9 Å². The van der Waals surface area contributed by atoms with Crippen molar-refractivity contribution in [3.05, 3.63) is 48.0 Å². The molecule has 0 saturated heterocycles. The second kappa shape index (κ2) is 5.58. The topological polar surface area (TPSA) is 59.4 Å². The molecule has 0 atom stereocenters. The number of aromatic amines is 1. The number of pyridine rings is 1. The van der Waals surface area contributed by atoms with E-state index >= 15 is 0 Å². The molecular weight excluding hydrogens is 331 g/mol. The molecule has 0 bridgehead atoms. The number of nitrogens with zero attached hydrogens (tertiary/aromatic N) is 4. The van der Waals surface area contributed by atoms with Gasteiger partial charge in [-0.05, 0) is 36.8 Å². The standard InChI is InChI=1S/C17H14F3N5/c1-2-3-15-22-13-6-7-14(17(18,19)20)23-16(13)25(15)11-4-5-12-10(8-11)9-21-24-12/h4-9H,2-3H2,1H3,(H,21,24). The Labute approximate surface area is 140 Å². The Hall–Kier alpha value is -2.90. The Balaban J connectivity index is 1.99. The van der Waals surface area contributed by atoms with Gasteiger partial charge in [0.1, 0.15) is 17.0 Å². The summed E-state index contributed by atoms with van der Waals surface area (Å²) >= 11 is 0. The molecule has 1 N–H and O–H groups in total. The van der Waals surface area contributed by atoms with Crippen molar-refractivity contribution in [1.82, 2.24) is 24.7 Å². The van der Waals surface area contributed by atoms with E-state index in [0.717, 1.165) is 23.4 Å². The second-order valence-corrected chi connectivity index (χ2v) is 5.79. The monoisotopic (exact) mass is 345 g/mol. The van der Waals surface area contributed by atoms with Crippen molar-refractivity contribution in [3.63, 3.8) is 0 Å². The van der Waals surface area contributed by atoms with Gasteiger partial charge in [-0.3, -0.25) is 9.67 Å². The molecule has 0 amide bonds. The van der Waals surface area contributed by atoms with Crippen molar-refractivity contribution in [2.24, 2.45) is 0 Å². The van der Waals surface area contributed by atoms with Crippen molar-refractivity contribution in [3.8, 4) is 5.69 Å². The maximum atomic E-state index is 13.1. The molecule has 0 spiro atoms. The van der Waals surface area contributed by atoms with Crippen LogP contribution in [0, 0.1) is 0 Å². The minimum atomic E-state index is -4.50. The Morgan fingerprint density at radius 1 is 1.12 bits per heavy atom. The van der Waals surface area contributed by atoms with Crippen LogP contribution in [0.2, 0.25) is 0 Å². The number of benzene rings is 1. The molecule has 1 aromatic carbocycles. The lowest BCUT2D eigenvalue weighted by Gasteiger charge is -2.10. The van der Waals surface area contributed by atoms with Crippen molar-refractivity contribution in [2.75, 3.05) is 0 Å². The van der Waals surface area contributed by atoms with Crippen molar-refractivity contribution in [1.29, 1.82) is 0 Å². The molecular formula is C17H14F3N5. The number of nitrogens with one attached hydrogen (secondary N) is 1. The summed E-state index contributed by atoms with van der Waals surface area (Å²) in [6, 6.07) is 7.86. The van der Waals surface area contributed by atoms with E-state index in [1.165, 1.54) is 6.07 Å². The first-order valence-corrected chi connectivity index (χ1v) is 7.86. The third kappa shape index (κ3) is 2.63. The van der Waals surface area contributed by atoms with E-state index in [1.54, 1.807) is 10.8 Å². The number of H-pyrrole nitrogens is 1. The fraction of sp³-hybridized carbons (Fsp3) is 0.235. The summed E-state index contributed by atoms with van der Waals surface area (Å²) in [7, 11) is 0. The van der Waals surface area contributed by atoms with Crippen LogP contribution in [-0.2, 0) is 12.6 Å². The molecule has 0 unspecified atom stereocenters. The average molecular weight is 345 g/mol. The number of halogens is 3. The van der Waals surface area contributed by atoms with Gasteiger partial charge in [0.2, 0.25) is 0 Å².